The van der Waals surface area contributed by atoms with Crippen molar-refractivity contribution >= 4 is 87.5 Å². The Kier molecular flexibility index (Phi) is 15.7. The highest BCUT2D eigenvalue weighted by atomic mass is 19.4. The summed E-state index contributed by atoms with van der Waals surface area (Å²) in [7, 11) is 0. The van der Waals surface area contributed by atoms with Crippen molar-refractivity contribution in [3.63, 3.8) is 0 Å². The van der Waals surface area contributed by atoms with Crippen LogP contribution in [0.1, 0.15) is 5.56 Å². The molecule has 0 bridgehead atoms. The molecule has 0 radical (unpaired) electrons. The third-order valence-corrected chi connectivity index (χ3v) is 21.9. The van der Waals surface area contributed by atoms with Crippen molar-refractivity contribution in [1.29, 1.82) is 0 Å². The van der Waals surface area contributed by atoms with Gasteiger partial charge in [-0.1, -0.05) is 249 Å². The molecule has 0 aliphatic heterocycles. The molecule has 0 atom stereocenters. The molecule has 15 aromatic carbocycles. The van der Waals surface area contributed by atoms with Gasteiger partial charge in [0.25, 0.3) is 0 Å². The quantitative estimate of drug-likeness (QED) is 0.110. The molecule has 116 heavy (non-hydrogen) atoms. The Bertz CT molecular complexity index is 7550. The lowest BCUT2D eigenvalue weighted by molar-refractivity contribution is -0.137. The van der Waals surface area contributed by atoms with Gasteiger partial charge in [0.05, 0.1) is 33.3 Å². The normalized spacial score (nSPS) is 11.9. The van der Waals surface area contributed by atoms with E-state index >= 15 is 0 Å². The van der Waals surface area contributed by atoms with Crippen molar-refractivity contribution in [2.45, 2.75) is 6.18 Å². The van der Waals surface area contributed by atoms with Gasteiger partial charge < -0.3 is 13.4 Å². The molecule has 22 aromatic rings. The predicted molar refractivity (Wildman–Crippen MR) is 457 cm³/mol. The van der Waals surface area contributed by atoms with E-state index in [9.17, 15) is 13.2 Å². The first-order chi connectivity index (χ1) is 57.1. The SMILES string of the molecule is FC(F)(F)c1ccc(-n2c3ccc(-c4ccc(-c5nc(-c6ccccc6)nc(-c6cccc7oc8ccc(-c9ccc%10c(c9)c9ccccc9n%10-c9cc(-c%10ccccc%10)nc(-c%10ccccc%10)n9)cc8c67)n5)cc4)cc3c3cc(-c4ccc5oc6cccc(-c7nc(-c8ccccc8)nc(-c8ccccc8)n7)c6c5c4)ccc32)cc1. The van der Waals surface area contributed by atoms with Crippen LogP contribution >= 0.6 is 0 Å². The molecule has 546 valence electrons. The minimum atomic E-state index is -4.51. The van der Waals surface area contributed by atoms with E-state index in [-0.39, 0.29) is 0 Å². The van der Waals surface area contributed by atoms with Gasteiger partial charge in [-0.2, -0.15) is 13.2 Å². The molecular formula is C101H59F3N10O2. The third kappa shape index (κ3) is 11.7. The van der Waals surface area contributed by atoms with E-state index < -0.39 is 11.7 Å². The highest BCUT2D eigenvalue weighted by Gasteiger charge is 2.31. The summed E-state index contributed by atoms with van der Waals surface area (Å²) >= 11 is 0. The molecule has 0 saturated carbocycles. The van der Waals surface area contributed by atoms with Gasteiger partial charge in [0, 0.05) is 99.4 Å². The summed E-state index contributed by atoms with van der Waals surface area (Å²) in [6, 6.07) is 118. The average molecular weight is 1500 g/mol. The molecule has 15 heteroatoms. The van der Waals surface area contributed by atoms with E-state index in [2.05, 4.69) is 126 Å². The van der Waals surface area contributed by atoms with Gasteiger partial charge in [0.1, 0.15) is 28.1 Å². The second kappa shape index (κ2) is 27.1. The highest BCUT2D eigenvalue weighted by Crippen LogP contribution is 2.45. The van der Waals surface area contributed by atoms with Crippen LogP contribution in [0, 0.1) is 0 Å². The Morgan fingerprint density at radius 3 is 1.03 bits per heavy atom. The largest absolute Gasteiger partial charge is 0.456 e. The summed E-state index contributed by atoms with van der Waals surface area (Å²) in [6.45, 7) is 0. The zero-order valence-corrected chi connectivity index (χ0v) is 61.5. The average Bonchev–Trinajstić information content (AvgIpc) is 1.57. The molecule has 0 unspecified atom stereocenters. The number of alkyl halides is 3. The number of benzene rings is 15. The van der Waals surface area contributed by atoms with Crippen LogP contribution in [0.2, 0.25) is 0 Å². The number of para-hydroxylation sites is 1. The second-order valence-corrected chi connectivity index (χ2v) is 28.9. The fourth-order valence-electron chi connectivity index (χ4n) is 16.3. The second-order valence-electron chi connectivity index (χ2n) is 28.9. The molecule has 22 rings (SSSR count). The predicted octanol–water partition coefficient (Wildman–Crippen LogP) is 26.2. The zero-order chi connectivity index (χ0) is 77.1. The van der Waals surface area contributed by atoms with Crippen molar-refractivity contribution in [3.8, 4) is 136 Å². The van der Waals surface area contributed by atoms with Gasteiger partial charge in [0.15, 0.2) is 40.8 Å². The summed E-state index contributed by atoms with van der Waals surface area (Å²) in [6.07, 6.45) is -4.51. The number of aromatic nitrogens is 10. The van der Waals surface area contributed by atoms with Crippen LogP contribution in [0.15, 0.2) is 367 Å². The lowest BCUT2D eigenvalue weighted by Crippen LogP contribution is -2.05. The van der Waals surface area contributed by atoms with Crippen LogP contribution in [0.3, 0.4) is 0 Å². The Hall–Kier alpha value is -15.6. The first kappa shape index (κ1) is 67.3. The molecule has 0 spiro atoms. The first-order valence-corrected chi connectivity index (χ1v) is 38.1. The van der Waals surface area contributed by atoms with Crippen LogP contribution < -0.4 is 0 Å². The maximum atomic E-state index is 14.2. The van der Waals surface area contributed by atoms with E-state index in [0.717, 1.165) is 172 Å². The Labute approximate surface area is 660 Å². The Morgan fingerprint density at radius 2 is 0.569 bits per heavy atom. The third-order valence-electron chi connectivity index (χ3n) is 21.9. The van der Waals surface area contributed by atoms with Gasteiger partial charge in [-0.15, -0.1) is 0 Å². The molecule has 7 heterocycles. The van der Waals surface area contributed by atoms with Gasteiger partial charge >= 0.3 is 6.18 Å². The summed E-state index contributed by atoms with van der Waals surface area (Å²) in [5.41, 5.74) is 19.7. The fourth-order valence-corrected chi connectivity index (χ4v) is 16.3. The van der Waals surface area contributed by atoms with Crippen molar-refractivity contribution in [2.24, 2.45) is 0 Å². The number of nitrogens with zero attached hydrogens (tertiary/aromatic N) is 10. The monoisotopic (exact) mass is 1500 g/mol. The van der Waals surface area contributed by atoms with Crippen LogP contribution in [-0.4, -0.2) is 49.0 Å². The number of hydrogen-bond donors (Lipinski definition) is 0. The molecular weight excluding hydrogens is 1440 g/mol. The van der Waals surface area contributed by atoms with E-state index in [1.807, 2.05) is 217 Å². The maximum Gasteiger partial charge on any atom is 0.416 e. The summed E-state index contributed by atoms with van der Waals surface area (Å²) < 4.78 is 60.1. The van der Waals surface area contributed by atoms with E-state index in [0.29, 0.717) is 63.2 Å². The topological polar surface area (TPSA) is 139 Å². The number of hydrogen-bond acceptors (Lipinski definition) is 10. The van der Waals surface area contributed by atoms with Crippen molar-refractivity contribution < 1.29 is 22.0 Å². The summed E-state index contributed by atoms with van der Waals surface area (Å²) in [4.78, 5) is 41.3. The minimum Gasteiger partial charge on any atom is -0.456 e. The van der Waals surface area contributed by atoms with Crippen molar-refractivity contribution in [2.75, 3.05) is 0 Å². The molecule has 0 amide bonds. The van der Waals surface area contributed by atoms with Crippen LogP contribution in [0.25, 0.3) is 223 Å². The number of halogens is 3. The molecule has 0 saturated heterocycles. The van der Waals surface area contributed by atoms with Gasteiger partial charge in [-0.3, -0.25) is 4.57 Å². The van der Waals surface area contributed by atoms with Crippen LogP contribution in [0.5, 0.6) is 0 Å². The molecule has 0 fully saturated rings. The van der Waals surface area contributed by atoms with E-state index in [1.54, 1.807) is 0 Å². The molecule has 12 nitrogen and oxygen atoms in total. The lowest BCUT2D eigenvalue weighted by Gasteiger charge is -2.12. The minimum absolute atomic E-state index is 0.480. The van der Waals surface area contributed by atoms with Gasteiger partial charge in [0.2, 0.25) is 0 Å². The van der Waals surface area contributed by atoms with E-state index in [4.69, 9.17) is 48.7 Å². The maximum absolute atomic E-state index is 14.2. The van der Waals surface area contributed by atoms with Crippen molar-refractivity contribution in [1.82, 2.24) is 49.0 Å². The van der Waals surface area contributed by atoms with Crippen molar-refractivity contribution in [3.05, 3.63) is 363 Å². The Balaban J connectivity index is 0.630. The molecule has 0 aliphatic rings. The number of furan rings is 2. The Morgan fingerprint density at radius 1 is 0.224 bits per heavy atom. The zero-order valence-electron chi connectivity index (χ0n) is 61.5. The smallest absolute Gasteiger partial charge is 0.416 e. The van der Waals surface area contributed by atoms with Crippen LogP contribution in [-0.2, 0) is 6.18 Å². The first-order valence-electron chi connectivity index (χ1n) is 38.1. The standard InChI is InChI=1S/C101H59F3N10O2/c102-101(103,104)72-45-47-73(48-46-72)113-84-49-40-67(54-78(84)79-56-69(41-50-85(79)113)71-44-53-88-81(58-71)92-75(31-18-34-89(92)116-88)99-109-95(63-24-10-3-11-25-63)107-96(110-99)64-26-12-4-13-27-64)60-36-38-66(39-37-60)98-108-97(65-28-14-5-15-29-65)111-100(112-98)76-32-19-35-90-93(76)80-57-70(43-52-87(80)115-90)68-42-51-86-77(55-68)74-30-16-17-33-83(74)114(86)91-59-82(61-20-6-1-7-21-61)105-94(106-91)62-22-8-2-9-23-62/h1-59H. The molecule has 0 N–H and O–H groups in total. The van der Waals surface area contributed by atoms with Gasteiger partial charge in [-0.25, -0.2) is 39.9 Å². The van der Waals surface area contributed by atoms with Crippen LogP contribution in [0.4, 0.5) is 13.2 Å². The number of rotatable bonds is 13. The van der Waals surface area contributed by atoms with E-state index in [1.165, 1.54) is 12.1 Å². The summed E-state index contributed by atoms with van der Waals surface area (Å²) in [5, 5.41) is 7.50. The lowest BCUT2D eigenvalue weighted by atomic mass is 9.98. The summed E-state index contributed by atoms with van der Waals surface area (Å²) in [5.74, 6) is 4.48. The molecule has 0 aliphatic carbocycles. The fraction of sp³-hybridized carbons (Fsp3) is 0.00990. The highest BCUT2D eigenvalue weighted by molar-refractivity contribution is 6.16. The molecule has 7 aromatic heterocycles. The number of fused-ring (bicyclic) bond motifs is 12. The van der Waals surface area contributed by atoms with Gasteiger partial charge in [-0.05, 0) is 137 Å².